The first kappa shape index (κ1) is 23.9. The van der Waals surface area contributed by atoms with Gasteiger partial charge in [0.1, 0.15) is 11.5 Å². The van der Waals surface area contributed by atoms with Crippen molar-refractivity contribution in [2.24, 2.45) is 0 Å². The number of hydrogen-bond acceptors (Lipinski definition) is 5. The van der Waals surface area contributed by atoms with Crippen LogP contribution in [0.4, 0.5) is 11.4 Å². The summed E-state index contributed by atoms with van der Waals surface area (Å²) in [5.41, 5.74) is 2.55. The quantitative estimate of drug-likeness (QED) is 0.616. The number of amides is 1. The number of carbonyl (C=O) groups is 1. The van der Waals surface area contributed by atoms with Gasteiger partial charge in [0, 0.05) is 38.1 Å². The average Bonchev–Trinajstić information content (AvgIpc) is 2.75. The molecule has 7 nitrogen and oxygen atoms in total. The molecule has 0 bridgehead atoms. The van der Waals surface area contributed by atoms with Gasteiger partial charge in [-0.3, -0.25) is 9.52 Å². The lowest BCUT2D eigenvalue weighted by molar-refractivity contribution is -0.127. The second-order valence-corrected chi connectivity index (χ2v) is 10.2. The Labute approximate surface area is 191 Å². The first-order chi connectivity index (χ1) is 15.2. The largest absolute Gasteiger partial charge is 0.491 e. The van der Waals surface area contributed by atoms with Crippen LogP contribution in [0.3, 0.4) is 0 Å². The Balaban J connectivity index is 1.52. The van der Waals surface area contributed by atoms with E-state index in [0.29, 0.717) is 18.0 Å². The molecule has 1 heterocycles. The molecule has 0 saturated carbocycles. The summed E-state index contributed by atoms with van der Waals surface area (Å²) in [4.78, 5) is 16.3. The minimum atomic E-state index is -3.82. The Hall–Kier alpha value is -2.74. The van der Waals surface area contributed by atoms with Gasteiger partial charge in [0.25, 0.3) is 0 Å². The molecule has 1 aliphatic rings. The van der Waals surface area contributed by atoms with E-state index in [-0.39, 0.29) is 6.10 Å². The van der Waals surface area contributed by atoms with Gasteiger partial charge in [-0.05, 0) is 75.1 Å². The second kappa shape index (κ2) is 10.7. The van der Waals surface area contributed by atoms with Crippen molar-refractivity contribution in [3.63, 3.8) is 0 Å². The summed E-state index contributed by atoms with van der Waals surface area (Å²) < 4.78 is 32.9. The van der Waals surface area contributed by atoms with Crippen LogP contribution in [0.5, 0.6) is 5.75 Å². The summed E-state index contributed by atoms with van der Waals surface area (Å²) in [6.45, 7) is 6.35. The fraction of sp³-hybridized carbons (Fsp3) is 0.458. The predicted molar refractivity (Wildman–Crippen MR) is 129 cm³/mol. The maximum absolute atomic E-state index is 12.5. The van der Waals surface area contributed by atoms with Crippen LogP contribution in [0.1, 0.15) is 38.7 Å². The summed E-state index contributed by atoms with van der Waals surface area (Å²) in [7, 11) is -2.20. The molecule has 0 aliphatic carbocycles. The van der Waals surface area contributed by atoms with E-state index in [9.17, 15) is 13.2 Å². The average molecular weight is 460 g/mol. The van der Waals surface area contributed by atoms with Crippen LogP contribution in [0.15, 0.2) is 48.5 Å². The zero-order valence-corrected chi connectivity index (χ0v) is 19.9. The molecule has 1 amide bonds. The van der Waals surface area contributed by atoms with E-state index in [0.717, 1.165) is 18.7 Å². The van der Waals surface area contributed by atoms with Gasteiger partial charge in [-0.15, -0.1) is 0 Å². The summed E-state index contributed by atoms with van der Waals surface area (Å²) in [6.07, 6.45) is 3.76. The van der Waals surface area contributed by atoms with Gasteiger partial charge < -0.3 is 14.5 Å². The van der Waals surface area contributed by atoms with Crippen molar-refractivity contribution in [3.05, 3.63) is 54.1 Å². The molecule has 32 heavy (non-hydrogen) atoms. The summed E-state index contributed by atoms with van der Waals surface area (Å²) in [5.74, 6) is -0.415. The molecular weight excluding hydrogens is 426 g/mol. The smallest absolute Gasteiger partial charge is 0.241 e. The van der Waals surface area contributed by atoms with Crippen molar-refractivity contribution < 1.29 is 17.9 Å². The lowest BCUT2D eigenvalue weighted by Gasteiger charge is -2.29. The number of rotatable bonds is 9. The summed E-state index contributed by atoms with van der Waals surface area (Å²) in [6, 6.07) is 14.8. The number of piperidine rings is 1. The highest BCUT2D eigenvalue weighted by molar-refractivity contribution is 7.93. The highest BCUT2D eigenvalue weighted by Crippen LogP contribution is 2.21. The predicted octanol–water partition coefficient (Wildman–Crippen LogP) is 3.86. The van der Waals surface area contributed by atoms with Crippen molar-refractivity contribution >= 4 is 27.3 Å². The van der Waals surface area contributed by atoms with E-state index >= 15 is 0 Å². The van der Waals surface area contributed by atoms with Crippen LogP contribution >= 0.6 is 0 Å². The van der Waals surface area contributed by atoms with E-state index < -0.39 is 21.7 Å². The first-order valence-corrected chi connectivity index (χ1v) is 12.7. The van der Waals surface area contributed by atoms with Crippen LogP contribution in [-0.4, -0.2) is 51.2 Å². The number of sulfonamides is 1. The Morgan fingerprint density at radius 2 is 1.66 bits per heavy atom. The van der Waals surface area contributed by atoms with Crippen LogP contribution in [0, 0.1) is 0 Å². The Morgan fingerprint density at radius 1 is 1.03 bits per heavy atom. The van der Waals surface area contributed by atoms with Crippen LogP contribution in [-0.2, 0) is 21.4 Å². The first-order valence-electron chi connectivity index (χ1n) is 11.1. The van der Waals surface area contributed by atoms with Crippen LogP contribution in [0.25, 0.3) is 0 Å². The number of ether oxygens (including phenoxy) is 1. The molecule has 0 atom stereocenters. The van der Waals surface area contributed by atoms with Gasteiger partial charge in [-0.1, -0.05) is 12.1 Å². The number of anilines is 2. The van der Waals surface area contributed by atoms with Crippen molar-refractivity contribution in [1.82, 2.24) is 4.90 Å². The third-order valence-corrected chi connectivity index (χ3v) is 6.49. The molecule has 174 valence electrons. The van der Waals surface area contributed by atoms with Crippen molar-refractivity contribution in [2.75, 3.05) is 35.5 Å². The Morgan fingerprint density at radius 3 is 2.25 bits per heavy atom. The summed E-state index contributed by atoms with van der Waals surface area (Å²) in [5, 5.41) is 0. The van der Waals surface area contributed by atoms with Crippen molar-refractivity contribution in [2.45, 2.75) is 45.8 Å². The van der Waals surface area contributed by atoms with E-state index in [1.807, 2.05) is 26.0 Å². The van der Waals surface area contributed by atoms with E-state index in [1.54, 1.807) is 31.3 Å². The molecule has 8 heteroatoms. The third kappa shape index (κ3) is 7.15. The van der Waals surface area contributed by atoms with Crippen LogP contribution < -0.4 is 14.4 Å². The van der Waals surface area contributed by atoms with Gasteiger partial charge in [-0.2, -0.15) is 0 Å². The molecule has 1 aliphatic heterocycles. The molecule has 3 rings (SSSR count). The fourth-order valence-corrected chi connectivity index (χ4v) is 4.80. The van der Waals surface area contributed by atoms with Gasteiger partial charge in [0.2, 0.25) is 15.9 Å². The molecule has 2 aromatic carbocycles. The molecule has 0 unspecified atom stereocenters. The van der Waals surface area contributed by atoms with Crippen molar-refractivity contribution in [3.8, 4) is 5.75 Å². The maximum Gasteiger partial charge on any atom is 0.241 e. The van der Waals surface area contributed by atoms with Crippen molar-refractivity contribution in [1.29, 1.82) is 0 Å². The molecule has 0 aromatic heterocycles. The molecule has 1 N–H and O–H groups in total. The zero-order valence-electron chi connectivity index (χ0n) is 19.1. The number of nitrogens with one attached hydrogen (secondary N) is 1. The van der Waals surface area contributed by atoms with Crippen LogP contribution in [0.2, 0.25) is 0 Å². The van der Waals surface area contributed by atoms with Gasteiger partial charge in [0.15, 0.2) is 0 Å². The number of nitrogens with zero attached hydrogens (tertiary/aromatic N) is 2. The van der Waals surface area contributed by atoms with E-state index in [1.165, 1.54) is 29.8 Å². The number of hydrogen-bond donors (Lipinski definition) is 1. The fourth-order valence-electron chi connectivity index (χ4n) is 3.69. The lowest BCUT2D eigenvalue weighted by Crippen LogP contribution is -2.34. The Kier molecular flexibility index (Phi) is 8.01. The van der Waals surface area contributed by atoms with Gasteiger partial charge in [-0.25, -0.2) is 8.42 Å². The van der Waals surface area contributed by atoms with Gasteiger partial charge in [0.05, 0.1) is 6.10 Å². The molecule has 0 radical (unpaired) electrons. The summed E-state index contributed by atoms with van der Waals surface area (Å²) >= 11 is 0. The molecule has 2 aromatic rings. The molecule has 1 fully saturated rings. The van der Waals surface area contributed by atoms with E-state index in [4.69, 9.17) is 4.74 Å². The SMILES string of the molecule is CC(C)Oc1ccc(NS(=O)(=O)CC(=O)N(C)Cc2ccc(N3CCCCC3)cc2)cc1. The zero-order chi connectivity index (χ0) is 23.1. The minimum absolute atomic E-state index is 0.0340. The standard InChI is InChI=1S/C24H33N3O4S/c1-19(2)31-23-13-9-21(10-14-23)25-32(29,30)18-24(28)26(3)17-20-7-11-22(12-8-20)27-15-5-4-6-16-27/h7-14,19,25H,4-6,15-18H2,1-3H3. The number of carbonyl (C=O) groups excluding carboxylic acids is 1. The molecular formula is C24H33N3O4S. The maximum atomic E-state index is 12.5. The molecule has 1 saturated heterocycles. The normalized spacial score (nSPS) is 14.3. The topological polar surface area (TPSA) is 78.9 Å². The van der Waals surface area contributed by atoms with E-state index in [2.05, 4.69) is 21.8 Å². The Bertz CT molecular complexity index is 983. The third-order valence-electron chi connectivity index (χ3n) is 5.32. The second-order valence-electron chi connectivity index (χ2n) is 8.52. The highest BCUT2D eigenvalue weighted by Gasteiger charge is 2.20. The molecule has 0 spiro atoms. The lowest BCUT2D eigenvalue weighted by atomic mass is 10.1. The van der Waals surface area contributed by atoms with Gasteiger partial charge >= 0.3 is 0 Å². The minimum Gasteiger partial charge on any atom is -0.491 e. The monoisotopic (exact) mass is 459 g/mol. The highest BCUT2D eigenvalue weighted by atomic mass is 32.2. The number of benzene rings is 2.